The van der Waals surface area contributed by atoms with Crippen molar-refractivity contribution < 1.29 is 19.3 Å². The first-order valence-corrected chi connectivity index (χ1v) is 15.6. The van der Waals surface area contributed by atoms with E-state index in [2.05, 4.69) is 87.2 Å². The minimum absolute atomic E-state index is 0.144. The minimum Gasteiger partial charge on any atom is -0.507 e. The van der Waals surface area contributed by atoms with Gasteiger partial charge in [-0.05, 0) is 93.6 Å². The van der Waals surface area contributed by atoms with Crippen LogP contribution in [0, 0.1) is 10.8 Å². The lowest BCUT2D eigenvalue weighted by Crippen LogP contribution is -2.43. The van der Waals surface area contributed by atoms with Gasteiger partial charge in [0, 0.05) is 35.1 Å². The van der Waals surface area contributed by atoms with E-state index < -0.39 is 0 Å². The molecule has 1 saturated carbocycles. The topological polar surface area (TPSA) is 51.2 Å². The number of methoxy groups -OCH3 is 2. The molecular weight excluding hydrogens is 534 g/mol. The SMILES string of the molecule is COc1ccc(-c2cc3c4c(cc(O)c3cc2N2CCOCC2)C2(CC(C)(C)CC(C)(C)C2)c2ccccc2-4)cc1OC. The third-order valence-corrected chi connectivity index (χ3v) is 10.0. The fourth-order valence-electron chi connectivity index (χ4n) is 9.17. The lowest BCUT2D eigenvalue weighted by atomic mass is 9.52. The summed E-state index contributed by atoms with van der Waals surface area (Å²) in [6.07, 6.45) is 3.31. The number of fused-ring (bicyclic) bond motifs is 7. The maximum atomic E-state index is 11.8. The summed E-state index contributed by atoms with van der Waals surface area (Å²) in [5.41, 5.74) is 8.72. The Morgan fingerprint density at radius 3 is 2.12 bits per heavy atom. The molecule has 0 radical (unpaired) electrons. The molecule has 1 spiro atoms. The van der Waals surface area contributed by atoms with Crippen molar-refractivity contribution in [1.29, 1.82) is 0 Å². The van der Waals surface area contributed by atoms with Crippen molar-refractivity contribution in [2.45, 2.75) is 52.4 Å². The van der Waals surface area contributed by atoms with Gasteiger partial charge in [0.1, 0.15) is 5.75 Å². The second kappa shape index (κ2) is 9.92. The fraction of sp³-hybridized carbons (Fsp3) is 0.421. The Morgan fingerprint density at radius 2 is 1.42 bits per heavy atom. The van der Waals surface area contributed by atoms with Crippen LogP contribution in [0.25, 0.3) is 33.0 Å². The lowest BCUT2D eigenvalue weighted by molar-refractivity contribution is 0.0645. The summed E-state index contributed by atoms with van der Waals surface area (Å²) in [6, 6.07) is 21.8. The summed E-state index contributed by atoms with van der Waals surface area (Å²) in [7, 11) is 3.35. The van der Waals surface area contributed by atoms with Crippen LogP contribution in [0.4, 0.5) is 5.69 Å². The van der Waals surface area contributed by atoms with E-state index in [1.54, 1.807) is 14.2 Å². The van der Waals surface area contributed by atoms with Crippen LogP contribution in [0.5, 0.6) is 17.2 Å². The molecule has 7 rings (SSSR count). The third-order valence-electron chi connectivity index (χ3n) is 10.0. The van der Waals surface area contributed by atoms with Crippen LogP contribution in [0.1, 0.15) is 58.1 Å². The molecule has 3 aliphatic rings. The Kier molecular flexibility index (Phi) is 6.48. The highest BCUT2D eigenvalue weighted by Crippen LogP contribution is 2.65. The number of benzene rings is 4. The van der Waals surface area contributed by atoms with E-state index in [9.17, 15) is 5.11 Å². The standard InChI is InChI=1S/C38H43NO4/c1-36(2)21-37(3,4)23-38(22-36)29-10-8-7-9-25(29)35-28-18-26(24-11-12-33(41-5)34(17-24)42-6)31(39-13-15-43-16-14-39)19-27(28)32(40)20-30(35)38/h7-12,17-20,40H,13-16,21-23H2,1-6H3. The van der Waals surface area contributed by atoms with E-state index in [4.69, 9.17) is 14.2 Å². The summed E-state index contributed by atoms with van der Waals surface area (Å²) in [5.74, 6) is 1.76. The average molecular weight is 578 g/mol. The second-order valence-corrected chi connectivity index (χ2v) is 14.4. The van der Waals surface area contributed by atoms with Gasteiger partial charge >= 0.3 is 0 Å². The summed E-state index contributed by atoms with van der Waals surface area (Å²) >= 11 is 0. The first-order chi connectivity index (χ1) is 20.6. The predicted molar refractivity (Wildman–Crippen MR) is 175 cm³/mol. The molecule has 5 heteroatoms. The van der Waals surface area contributed by atoms with Gasteiger partial charge < -0.3 is 24.2 Å². The van der Waals surface area contributed by atoms with Gasteiger partial charge in [0.2, 0.25) is 0 Å². The number of hydrogen-bond donors (Lipinski definition) is 1. The quantitative estimate of drug-likeness (QED) is 0.263. The summed E-state index contributed by atoms with van der Waals surface area (Å²) in [5, 5.41) is 13.8. The molecule has 1 N–H and O–H groups in total. The number of rotatable bonds is 4. The molecule has 1 aliphatic heterocycles. The molecule has 0 atom stereocenters. The Bertz CT molecular complexity index is 1710. The van der Waals surface area contributed by atoms with Crippen molar-refractivity contribution in [3.63, 3.8) is 0 Å². The van der Waals surface area contributed by atoms with Gasteiger partial charge in [0.05, 0.1) is 27.4 Å². The number of ether oxygens (including phenoxy) is 3. The normalized spacial score (nSPS) is 19.7. The molecule has 43 heavy (non-hydrogen) atoms. The van der Waals surface area contributed by atoms with E-state index in [-0.39, 0.29) is 16.2 Å². The summed E-state index contributed by atoms with van der Waals surface area (Å²) in [6.45, 7) is 12.6. The molecule has 4 aromatic rings. The number of phenols is 1. The molecule has 5 nitrogen and oxygen atoms in total. The largest absolute Gasteiger partial charge is 0.507 e. The van der Waals surface area contributed by atoms with Crippen molar-refractivity contribution in [2.75, 3.05) is 45.4 Å². The summed E-state index contributed by atoms with van der Waals surface area (Å²) in [4.78, 5) is 2.38. The van der Waals surface area contributed by atoms with Crippen molar-refractivity contribution in [3.05, 3.63) is 71.8 Å². The van der Waals surface area contributed by atoms with Crippen LogP contribution in [0.3, 0.4) is 0 Å². The van der Waals surface area contributed by atoms with E-state index >= 15 is 0 Å². The van der Waals surface area contributed by atoms with Gasteiger partial charge in [-0.3, -0.25) is 0 Å². The molecule has 1 saturated heterocycles. The Labute approximate surface area is 255 Å². The van der Waals surface area contributed by atoms with Crippen LogP contribution >= 0.6 is 0 Å². The zero-order valence-electron chi connectivity index (χ0n) is 26.3. The van der Waals surface area contributed by atoms with Crippen LogP contribution in [0.15, 0.2) is 60.7 Å². The Balaban J connectivity index is 1.54. The van der Waals surface area contributed by atoms with Gasteiger partial charge in [-0.2, -0.15) is 0 Å². The molecule has 0 amide bonds. The van der Waals surface area contributed by atoms with Gasteiger partial charge in [-0.1, -0.05) is 58.0 Å². The van der Waals surface area contributed by atoms with Gasteiger partial charge in [0.25, 0.3) is 0 Å². The van der Waals surface area contributed by atoms with E-state index in [1.165, 1.54) is 28.7 Å². The van der Waals surface area contributed by atoms with Crippen molar-refractivity contribution in [1.82, 2.24) is 0 Å². The highest BCUT2D eigenvalue weighted by atomic mass is 16.5. The average Bonchev–Trinajstić information content (AvgIpc) is 3.23. The number of hydrogen-bond acceptors (Lipinski definition) is 5. The number of nitrogens with zero attached hydrogens (tertiary/aromatic N) is 1. The molecule has 0 unspecified atom stereocenters. The third kappa shape index (κ3) is 4.47. The van der Waals surface area contributed by atoms with Crippen molar-refractivity contribution in [3.8, 4) is 39.5 Å². The predicted octanol–water partition coefficient (Wildman–Crippen LogP) is 8.57. The number of phenolic OH excluding ortho intramolecular Hbond substituents is 1. The fourth-order valence-corrected chi connectivity index (χ4v) is 9.17. The van der Waals surface area contributed by atoms with Crippen LogP contribution in [-0.4, -0.2) is 45.6 Å². The lowest BCUT2D eigenvalue weighted by Gasteiger charge is -2.51. The van der Waals surface area contributed by atoms with Gasteiger partial charge in [0.15, 0.2) is 11.5 Å². The first kappa shape index (κ1) is 28.1. The highest BCUT2D eigenvalue weighted by Gasteiger charge is 2.53. The molecule has 4 aromatic carbocycles. The van der Waals surface area contributed by atoms with Gasteiger partial charge in [-0.25, -0.2) is 0 Å². The van der Waals surface area contributed by atoms with Crippen LogP contribution < -0.4 is 14.4 Å². The van der Waals surface area contributed by atoms with Crippen LogP contribution in [-0.2, 0) is 10.2 Å². The molecule has 2 aliphatic carbocycles. The smallest absolute Gasteiger partial charge is 0.161 e. The monoisotopic (exact) mass is 577 g/mol. The second-order valence-electron chi connectivity index (χ2n) is 14.4. The van der Waals surface area contributed by atoms with E-state index in [1.807, 2.05) is 6.07 Å². The molecule has 0 aromatic heterocycles. The zero-order chi connectivity index (χ0) is 30.1. The van der Waals surface area contributed by atoms with Gasteiger partial charge in [-0.15, -0.1) is 0 Å². The summed E-state index contributed by atoms with van der Waals surface area (Å²) < 4.78 is 17.0. The maximum Gasteiger partial charge on any atom is 0.161 e. The molecule has 0 bridgehead atoms. The van der Waals surface area contributed by atoms with Crippen LogP contribution in [0.2, 0.25) is 0 Å². The first-order valence-electron chi connectivity index (χ1n) is 15.6. The number of morpholine rings is 1. The zero-order valence-corrected chi connectivity index (χ0v) is 26.3. The van der Waals surface area contributed by atoms with Crippen molar-refractivity contribution >= 4 is 16.5 Å². The van der Waals surface area contributed by atoms with Crippen molar-refractivity contribution in [2.24, 2.45) is 10.8 Å². The molecular formula is C38H43NO4. The minimum atomic E-state index is -0.144. The maximum absolute atomic E-state index is 11.8. The Morgan fingerprint density at radius 1 is 0.721 bits per heavy atom. The number of aromatic hydroxyl groups is 1. The molecule has 224 valence electrons. The molecule has 2 fully saturated rings. The van der Waals surface area contributed by atoms with E-state index in [0.717, 1.165) is 53.5 Å². The highest BCUT2D eigenvalue weighted by molar-refractivity contribution is 6.09. The van der Waals surface area contributed by atoms with E-state index in [0.29, 0.717) is 30.5 Å². The molecule has 1 heterocycles. The Hall–Kier alpha value is -3.70. The number of anilines is 1.